The van der Waals surface area contributed by atoms with Gasteiger partial charge in [-0.3, -0.25) is 19.4 Å². The topological polar surface area (TPSA) is 96.4 Å². The fraction of sp³-hybridized carbons (Fsp3) is 0.333. The van der Waals surface area contributed by atoms with Gasteiger partial charge in [0.25, 0.3) is 5.91 Å². The molecule has 0 aliphatic carbocycles. The molecule has 0 radical (unpaired) electrons. The lowest BCUT2D eigenvalue weighted by Crippen LogP contribution is -2.43. The third-order valence-electron chi connectivity index (χ3n) is 3.95. The number of nitrogens with zero attached hydrogens (tertiary/aromatic N) is 1. The number of aromatic nitrogens is 1. The Morgan fingerprint density at radius 3 is 2.60 bits per heavy atom. The molecule has 1 amide bonds. The number of pyridine rings is 1. The van der Waals surface area contributed by atoms with E-state index in [-0.39, 0.29) is 22.9 Å². The van der Waals surface area contributed by atoms with Gasteiger partial charge in [0, 0.05) is 23.0 Å². The maximum absolute atomic E-state index is 12.9. The Bertz CT molecular complexity index is 878. The van der Waals surface area contributed by atoms with Crippen LogP contribution in [0.5, 0.6) is 0 Å². The van der Waals surface area contributed by atoms with Gasteiger partial charge >= 0.3 is 5.97 Å². The third kappa shape index (κ3) is 8.16. The quantitative estimate of drug-likeness (QED) is 0.475. The van der Waals surface area contributed by atoms with Crippen molar-refractivity contribution in [1.29, 1.82) is 0 Å². The van der Waals surface area contributed by atoms with Crippen LogP contribution in [-0.4, -0.2) is 45.3 Å². The number of carbonyl (C=O) groups is 3. The molecular weight excluding hydrogens is 427 g/mol. The SMILES string of the molecule is CCCSc1cncc(C(=O)N[C@@H](CC(=O)O)C(=O)CSCc2ccc(F)cc2)c1. The summed E-state index contributed by atoms with van der Waals surface area (Å²) in [4.78, 5) is 41.1. The molecule has 0 aliphatic rings. The molecule has 0 aliphatic heterocycles. The van der Waals surface area contributed by atoms with Crippen LogP contribution in [0.1, 0.15) is 35.7 Å². The number of halogens is 1. The lowest BCUT2D eigenvalue weighted by atomic mass is 10.1. The van der Waals surface area contributed by atoms with Gasteiger partial charge in [0.05, 0.1) is 23.8 Å². The lowest BCUT2D eigenvalue weighted by Gasteiger charge is -2.16. The van der Waals surface area contributed by atoms with E-state index in [2.05, 4.69) is 10.3 Å². The average Bonchev–Trinajstić information content (AvgIpc) is 2.73. The summed E-state index contributed by atoms with van der Waals surface area (Å²) in [6.07, 6.45) is 3.52. The number of benzene rings is 1. The molecule has 1 aromatic heterocycles. The largest absolute Gasteiger partial charge is 0.481 e. The molecule has 0 saturated heterocycles. The fourth-order valence-electron chi connectivity index (χ4n) is 2.45. The van der Waals surface area contributed by atoms with Gasteiger partial charge in [-0.25, -0.2) is 4.39 Å². The second kappa shape index (κ2) is 12.3. The number of carboxylic acid groups (broad SMARTS) is 1. The van der Waals surface area contributed by atoms with Crippen LogP contribution >= 0.6 is 23.5 Å². The molecule has 0 saturated carbocycles. The van der Waals surface area contributed by atoms with E-state index in [1.807, 2.05) is 6.92 Å². The minimum absolute atomic E-state index is 0.0280. The smallest absolute Gasteiger partial charge is 0.305 e. The minimum Gasteiger partial charge on any atom is -0.481 e. The Balaban J connectivity index is 1.96. The first-order chi connectivity index (χ1) is 14.4. The molecule has 1 heterocycles. The molecule has 1 atom stereocenters. The van der Waals surface area contributed by atoms with Crippen LogP contribution in [0.4, 0.5) is 4.39 Å². The van der Waals surface area contributed by atoms with E-state index in [4.69, 9.17) is 5.11 Å². The first-order valence-corrected chi connectivity index (χ1v) is 11.5. The first kappa shape index (κ1) is 23.9. The van der Waals surface area contributed by atoms with Crippen LogP contribution in [0.3, 0.4) is 0 Å². The number of rotatable bonds is 12. The Kier molecular flexibility index (Phi) is 9.82. The van der Waals surface area contributed by atoms with Crippen LogP contribution in [0.25, 0.3) is 0 Å². The zero-order valence-electron chi connectivity index (χ0n) is 16.5. The molecular formula is C21H23FN2O4S2. The van der Waals surface area contributed by atoms with Gasteiger partial charge in [0.1, 0.15) is 5.82 Å². The highest BCUT2D eigenvalue weighted by Crippen LogP contribution is 2.19. The standard InChI is InChI=1S/C21H23FN2O4S2/c1-2-7-30-17-8-15(10-23-11-17)21(28)24-18(9-20(26)27)19(25)13-29-12-14-3-5-16(22)6-4-14/h3-6,8,10-11,18H,2,7,9,12-13H2,1H3,(H,24,28)(H,26,27)/t18-/m0/s1. The molecule has 30 heavy (non-hydrogen) atoms. The van der Waals surface area contributed by atoms with Crippen LogP contribution < -0.4 is 5.32 Å². The maximum Gasteiger partial charge on any atom is 0.305 e. The van der Waals surface area contributed by atoms with Crippen LogP contribution in [-0.2, 0) is 15.3 Å². The number of Topliss-reactive ketones (excluding diaryl/α,β-unsaturated/α-hetero) is 1. The molecule has 6 nitrogen and oxygen atoms in total. The normalized spacial score (nSPS) is 11.7. The highest BCUT2D eigenvalue weighted by atomic mass is 32.2. The van der Waals surface area contributed by atoms with Crippen molar-refractivity contribution in [3.8, 4) is 0 Å². The number of hydrogen-bond donors (Lipinski definition) is 2. The fourth-order valence-corrected chi connectivity index (χ4v) is 4.17. The molecule has 160 valence electrons. The van der Waals surface area contributed by atoms with Crippen molar-refractivity contribution in [2.24, 2.45) is 0 Å². The molecule has 0 unspecified atom stereocenters. The number of amides is 1. The van der Waals surface area contributed by atoms with Gasteiger partial charge in [-0.15, -0.1) is 23.5 Å². The third-order valence-corrected chi connectivity index (χ3v) is 6.14. The molecule has 0 spiro atoms. The minimum atomic E-state index is -1.18. The second-order valence-corrected chi connectivity index (χ2v) is 8.62. The molecule has 0 bridgehead atoms. The number of carbonyl (C=O) groups excluding carboxylic acids is 2. The summed E-state index contributed by atoms with van der Waals surface area (Å²) in [7, 11) is 0. The predicted octanol–water partition coefficient (Wildman–Crippen LogP) is 3.80. The summed E-state index contributed by atoms with van der Waals surface area (Å²) in [6, 6.07) is 6.47. The van der Waals surface area contributed by atoms with E-state index >= 15 is 0 Å². The van der Waals surface area contributed by atoms with E-state index in [9.17, 15) is 18.8 Å². The number of hydrogen-bond acceptors (Lipinski definition) is 6. The number of nitrogens with one attached hydrogen (secondary N) is 1. The Labute approximate surface area is 183 Å². The molecule has 2 rings (SSSR count). The van der Waals surface area contributed by atoms with E-state index in [1.54, 1.807) is 36.2 Å². The van der Waals surface area contributed by atoms with Crippen LogP contribution in [0.2, 0.25) is 0 Å². The van der Waals surface area contributed by atoms with Gasteiger partial charge in [-0.2, -0.15) is 0 Å². The highest BCUT2D eigenvalue weighted by molar-refractivity contribution is 7.99. The number of ketones is 1. The van der Waals surface area contributed by atoms with Crippen LogP contribution in [0.15, 0.2) is 47.6 Å². The number of aliphatic carboxylic acids is 1. The van der Waals surface area contributed by atoms with E-state index in [0.717, 1.165) is 22.6 Å². The zero-order valence-corrected chi connectivity index (χ0v) is 18.1. The van der Waals surface area contributed by atoms with Crippen molar-refractivity contribution >= 4 is 41.2 Å². The summed E-state index contributed by atoms with van der Waals surface area (Å²) >= 11 is 2.85. The van der Waals surface area contributed by atoms with Crippen molar-refractivity contribution in [1.82, 2.24) is 10.3 Å². The second-order valence-electron chi connectivity index (χ2n) is 6.47. The summed E-state index contributed by atoms with van der Waals surface area (Å²) in [5, 5.41) is 11.6. The number of thioether (sulfide) groups is 2. The summed E-state index contributed by atoms with van der Waals surface area (Å²) in [5.41, 5.74) is 1.12. The average molecular weight is 451 g/mol. The highest BCUT2D eigenvalue weighted by Gasteiger charge is 2.24. The van der Waals surface area contributed by atoms with Crippen molar-refractivity contribution in [2.45, 2.75) is 36.5 Å². The molecule has 0 fully saturated rings. The van der Waals surface area contributed by atoms with Crippen molar-refractivity contribution in [3.63, 3.8) is 0 Å². The summed E-state index contributed by atoms with van der Waals surface area (Å²) in [5.74, 6) is -1.05. The van der Waals surface area contributed by atoms with Gasteiger partial charge in [-0.1, -0.05) is 19.1 Å². The monoisotopic (exact) mass is 450 g/mol. The van der Waals surface area contributed by atoms with Gasteiger partial charge < -0.3 is 10.4 Å². The molecule has 2 N–H and O–H groups in total. The molecule has 9 heteroatoms. The lowest BCUT2D eigenvalue weighted by molar-refractivity contribution is -0.139. The van der Waals surface area contributed by atoms with Gasteiger partial charge in [0.2, 0.25) is 0 Å². The summed E-state index contributed by atoms with van der Waals surface area (Å²) in [6.45, 7) is 2.05. The van der Waals surface area contributed by atoms with Gasteiger partial charge in [0.15, 0.2) is 5.78 Å². The molecule has 1 aromatic carbocycles. The molecule has 2 aromatic rings. The van der Waals surface area contributed by atoms with Crippen molar-refractivity contribution in [2.75, 3.05) is 11.5 Å². The zero-order chi connectivity index (χ0) is 21.9. The predicted molar refractivity (Wildman–Crippen MR) is 116 cm³/mol. The Morgan fingerprint density at radius 1 is 1.20 bits per heavy atom. The van der Waals surface area contributed by atoms with Crippen molar-refractivity contribution < 1.29 is 23.9 Å². The maximum atomic E-state index is 12.9. The van der Waals surface area contributed by atoms with Crippen LogP contribution in [0, 0.1) is 5.82 Å². The van der Waals surface area contributed by atoms with Crippen molar-refractivity contribution in [3.05, 3.63) is 59.7 Å². The Hall–Kier alpha value is -2.39. The van der Waals surface area contributed by atoms with E-state index in [0.29, 0.717) is 5.75 Å². The Morgan fingerprint density at radius 2 is 1.93 bits per heavy atom. The first-order valence-electron chi connectivity index (χ1n) is 9.34. The number of carboxylic acids is 1. The van der Waals surface area contributed by atoms with Gasteiger partial charge in [-0.05, 0) is 35.9 Å². The van der Waals surface area contributed by atoms with E-state index < -0.39 is 24.3 Å². The van der Waals surface area contributed by atoms with E-state index in [1.165, 1.54) is 30.1 Å². The summed E-state index contributed by atoms with van der Waals surface area (Å²) < 4.78 is 12.9.